The highest BCUT2D eigenvalue weighted by molar-refractivity contribution is 6.21. The second-order valence-corrected chi connectivity index (χ2v) is 6.64. The van der Waals surface area contributed by atoms with E-state index < -0.39 is 6.10 Å². The lowest BCUT2D eigenvalue weighted by Crippen LogP contribution is -2.47. The van der Waals surface area contributed by atoms with Gasteiger partial charge in [-0.05, 0) is 36.8 Å². The molecular weight excluding hydrogens is 254 g/mol. The van der Waals surface area contributed by atoms with Crippen LogP contribution >= 0.6 is 0 Å². The summed E-state index contributed by atoms with van der Waals surface area (Å²) in [6.45, 7) is 4.14. The average molecular weight is 273 g/mol. The Hall–Kier alpha value is -1.68. The maximum Gasteiger partial charge on any atom is 0.261 e. The number of rotatable bonds is 1. The van der Waals surface area contributed by atoms with E-state index in [2.05, 4.69) is 13.8 Å². The lowest BCUT2D eigenvalue weighted by Gasteiger charge is -2.41. The maximum absolute atomic E-state index is 12.4. The van der Waals surface area contributed by atoms with Crippen LogP contribution in [-0.2, 0) is 0 Å². The van der Waals surface area contributed by atoms with E-state index in [0.29, 0.717) is 24.0 Å². The van der Waals surface area contributed by atoms with Crippen LogP contribution in [0.2, 0.25) is 0 Å². The molecule has 1 aromatic rings. The van der Waals surface area contributed by atoms with Crippen molar-refractivity contribution in [1.82, 2.24) is 4.90 Å². The lowest BCUT2D eigenvalue weighted by atomic mass is 9.73. The third kappa shape index (κ3) is 2.04. The predicted octanol–water partition coefficient (Wildman–Crippen LogP) is 2.22. The molecule has 1 heterocycles. The van der Waals surface area contributed by atoms with Crippen molar-refractivity contribution in [2.75, 3.05) is 0 Å². The van der Waals surface area contributed by atoms with Crippen molar-refractivity contribution in [3.05, 3.63) is 35.4 Å². The second-order valence-electron chi connectivity index (χ2n) is 6.64. The Kier molecular flexibility index (Phi) is 2.94. The number of carbonyl (C=O) groups is 2. The highest BCUT2D eigenvalue weighted by Crippen LogP contribution is 2.39. The molecule has 3 rings (SSSR count). The molecule has 0 saturated heterocycles. The van der Waals surface area contributed by atoms with E-state index in [4.69, 9.17) is 0 Å². The number of benzene rings is 1. The molecule has 0 bridgehead atoms. The van der Waals surface area contributed by atoms with Crippen LogP contribution in [-0.4, -0.2) is 34.0 Å². The zero-order valence-corrected chi connectivity index (χ0v) is 11.8. The molecular formula is C16H19NO3. The Bertz CT molecular complexity index is 544. The van der Waals surface area contributed by atoms with E-state index in [1.165, 1.54) is 4.90 Å². The zero-order valence-electron chi connectivity index (χ0n) is 11.8. The van der Waals surface area contributed by atoms with Gasteiger partial charge >= 0.3 is 0 Å². The molecule has 0 aromatic heterocycles. The van der Waals surface area contributed by atoms with Gasteiger partial charge in [-0.15, -0.1) is 0 Å². The van der Waals surface area contributed by atoms with Gasteiger partial charge in [0.25, 0.3) is 11.8 Å². The smallest absolute Gasteiger partial charge is 0.261 e. The number of amides is 2. The molecule has 0 radical (unpaired) electrons. The van der Waals surface area contributed by atoms with E-state index in [1.807, 2.05) is 0 Å². The number of nitrogens with zero attached hydrogens (tertiary/aromatic N) is 1. The minimum atomic E-state index is -0.451. The van der Waals surface area contributed by atoms with Crippen LogP contribution in [0.5, 0.6) is 0 Å². The number of imide groups is 1. The molecule has 106 valence electrons. The first kappa shape index (κ1) is 13.3. The average Bonchev–Trinajstić information content (AvgIpc) is 2.60. The first-order valence-corrected chi connectivity index (χ1v) is 7.04. The molecule has 4 nitrogen and oxygen atoms in total. The Balaban J connectivity index is 1.93. The maximum atomic E-state index is 12.4. The van der Waals surface area contributed by atoms with Gasteiger partial charge in [0.05, 0.1) is 17.2 Å². The summed E-state index contributed by atoms with van der Waals surface area (Å²) in [6.07, 6.45) is 1.49. The van der Waals surface area contributed by atoms with Crippen molar-refractivity contribution in [3.63, 3.8) is 0 Å². The summed E-state index contributed by atoms with van der Waals surface area (Å²) in [5.74, 6) is -0.444. The minimum Gasteiger partial charge on any atom is -0.393 e. The van der Waals surface area contributed by atoms with Gasteiger partial charge in [-0.25, -0.2) is 0 Å². The molecule has 0 spiro atoms. The molecule has 1 aliphatic carbocycles. The second kappa shape index (κ2) is 4.42. The zero-order chi connectivity index (χ0) is 14.5. The Morgan fingerprint density at radius 3 is 2.15 bits per heavy atom. The van der Waals surface area contributed by atoms with E-state index >= 15 is 0 Å². The highest BCUT2D eigenvalue weighted by atomic mass is 16.3. The minimum absolute atomic E-state index is 0.0579. The number of hydrogen-bond acceptors (Lipinski definition) is 3. The van der Waals surface area contributed by atoms with Crippen LogP contribution in [0, 0.1) is 5.41 Å². The summed E-state index contributed by atoms with van der Waals surface area (Å²) in [5, 5.41) is 10.0. The fraction of sp³-hybridized carbons (Fsp3) is 0.500. The molecule has 2 aliphatic rings. The van der Waals surface area contributed by atoms with Crippen LogP contribution in [0.15, 0.2) is 24.3 Å². The van der Waals surface area contributed by atoms with Crippen molar-refractivity contribution in [2.24, 2.45) is 5.41 Å². The fourth-order valence-electron chi connectivity index (χ4n) is 3.58. The predicted molar refractivity (Wildman–Crippen MR) is 74.4 cm³/mol. The summed E-state index contributed by atoms with van der Waals surface area (Å²) in [5.41, 5.74) is 0.906. The van der Waals surface area contributed by atoms with Gasteiger partial charge in [0, 0.05) is 6.04 Å². The third-order valence-electron chi connectivity index (χ3n) is 4.31. The van der Waals surface area contributed by atoms with Crippen molar-refractivity contribution in [3.8, 4) is 0 Å². The van der Waals surface area contributed by atoms with Crippen LogP contribution in [0.3, 0.4) is 0 Å². The molecule has 1 aromatic carbocycles. The Morgan fingerprint density at radius 2 is 1.65 bits per heavy atom. The number of aliphatic hydroxyl groups excluding tert-OH is 1. The van der Waals surface area contributed by atoms with Gasteiger partial charge in [-0.2, -0.15) is 0 Å². The molecule has 2 amide bonds. The molecule has 20 heavy (non-hydrogen) atoms. The summed E-state index contributed by atoms with van der Waals surface area (Å²) < 4.78 is 0. The van der Waals surface area contributed by atoms with E-state index in [9.17, 15) is 14.7 Å². The number of carbonyl (C=O) groups excluding carboxylic acids is 2. The molecule has 1 fully saturated rings. The number of hydrogen-bond donors (Lipinski definition) is 1. The van der Waals surface area contributed by atoms with Crippen LogP contribution in [0.25, 0.3) is 0 Å². The molecule has 2 atom stereocenters. The summed E-state index contributed by atoms with van der Waals surface area (Å²) in [6, 6.07) is 6.72. The SMILES string of the molecule is CC1(C)CC(O)CC(N2C(=O)c3ccccc3C2=O)C1. The van der Waals surface area contributed by atoms with Crippen LogP contribution < -0.4 is 0 Å². The molecule has 1 saturated carbocycles. The van der Waals surface area contributed by atoms with Crippen molar-refractivity contribution >= 4 is 11.8 Å². The monoisotopic (exact) mass is 273 g/mol. The quantitative estimate of drug-likeness (QED) is 0.798. The topological polar surface area (TPSA) is 57.6 Å². The van der Waals surface area contributed by atoms with Gasteiger partial charge in [0.1, 0.15) is 0 Å². The Morgan fingerprint density at radius 1 is 1.10 bits per heavy atom. The molecule has 4 heteroatoms. The standard InChI is InChI=1S/C16H19NO3/c1-16(2)8-10(7-11(18)9-16)17-14(19)12-5-3-4-6-13(12)15(17)20/h3-6,10-11,18H,7-9H2,1-2H3. The first-order valence-electron chi connectivity index (χ1n) is 7.04. The highest BCUT2D eigenvalue weighted by Gasteiger charge is 2.44. The van der Waals surface area contributed by atoms with Gasteiger partial charge < -0.3 is 5.11 Å². The fourth-order valence-corrected chi connectivity index (χ4v) is 3.58. The van der Waals surface area contributed by atoms with Crippen LogP contribution in [0.4, 0.5) is 0 Å². The van der Waals surface area contributed by atoms with E-state index in [0.717, 1.165) is 6.42 Å². The number of aliphatic hydroxyl groups is 1. The summed E-state index contributed by atoms with van der Waals surface area (Å²) in [4.78, 5) is 26.3. The Labute approximate surface area is 118 Å². The van der Waals surface area contributed by atoms with E-state index in [1.54, 1.807) is 24.3 Å². The summed E-state index contributed by atoms with van der Waals surface area (Å²) in [7, 11) is 0. The van der Waals surface area contributed by atoms with Crippen molar-refractivity contribution in [2.45, 2.75) is 45.3 Å². The normalized spacial score (nSPS) is 28.6. The largest absolute Gasteiger partial charge is 0.393 e. The third-order valence-corrected chi connectivity index (χ3v) is 4.31. The molecule has 2 unspecified atom stereocenters. The molecule has 1 aliphatic heterocycles. The number of fused-ring (bicyclic) bond motifs is 1. The van der Waals surface area contributed by atoms with Gasteiger partial charge in [-0.1, -0.05) is 26.0 Å². The first-order chi connectivity index (χ1) is 9.39. The van der Waals surface area contributed by atoms with Crippen molar-refractivity contribution in [1.29, 1.82) is 0 Å². The lowest BCUT2D eigenvalue weighted by molar-refractivity contribution is 0.0116. The van der Waals surface area contributed by atoms with Gasteiger partial charge in [0.2, 0.25) is 0 Å². The van der Waals surface area contributed by atoms with Crippen molar-refractivity contribution < 1.29 is 14.7 Å². The summed E-state index contributed by atoms with van der Waals surface area (Å²) >= 11 is 0. The van der Waals surface area contributed by atoms with Gasteiger partial charge in [0.15, 0.2) is 0 Å². The van der Waals surface area contributed by atoms with E-state index in [-0.39, 0.29) is 23.3 Å². The van der Waals surface area contributed by atoms with Crippen LogP contribution in [0.1, 0.15) is 53.8 Å². The molecule has 1 N–H and O–H groups in total. The van der Waals surface area contributed by atoms with Gasteiger partial charge in [-0.3, -0.25) is 14.5 Å².